The van der Waals surface area contributed by atoms with Crippen LogP contribution in [-0.4, -0.2) is 37.4 Å². The van der Waals surface area contributed by atoms with Crippen LogP contribution in [0.4, 0.5) is 11.4 Å². The summed E-state index contributed by atoms with van der Waals surface area (Å²) in [6, 6.07) is 7.95. The van der Waals surface area contributed by atoms with Crippen LogP contribution in [0.25, 0.3) is 0 Å². The fourth-order valence-electron chi connectivity index (χ4n) is 4.38. The highest BCUT2D eigenvalue weighted by Gasteiger charge is 2.35. The lowest BCUT2D eigenvalue weighted by Gasteiger charge is -2.17. The molecular formula is C28H40N2O6S3. The van der Waals surface area contributed by atoms with Gasteiger partial charge in [0.1, 0.15) is 4.20 Å². The first-order chi connectivity index (χ1) is 18.3. The van der Waals surface area contributed by atoms with E-state index in [2.05, 4.69) is 6.92 Å². The number of benzene rings is 2. The number of hydrogen-bond acceptors (Lipinski definition) is 8. The van der Waals surface area contributed by atoms with Crippen LogP contribution >= 0.6 is 12.2 Å². The number of nitrogen functional groups attached to an aromatic ring is 2. The minimum atomic E-state index is -4.45. The molecule has 39 heavy (non-hydrogen) atoms. The molecule has 0 radical (unpaired) electrons. The van der Waals surface area contributed by atoms with Crippen LogP contribution in [0.2, 0.25) is 0 Å². The average molecular weight is 597 g/mol. The number of rotatable bonds is 16. The predicted molar refractivity (Wildman–Crippen MR) is 160 cm³/mol. The number of aliphatic carboxylic acids is 1. The smallest absolute Gasteiger partial charge is 0.321 e. The van der Waals surface area contributed by atoms with Crippen molar-refractivity contribution in [3.05, 3.63) is 47.5 Å². The molecule has 1 unspecified atom stereocenters. The van der Waals surface area contributed by atoms with Crippen molar-refractivity contribution < 1.29 is 26.7 Å². The first-order valence-electron chi connectivity index (χ1n) is 13.4. The number of hydrogen-bond donors (Lipinski definition) is 3. The topological polar surface area (TPSA) is 158 Å². The highest BCUT2D eigenvalue weighted by atomic mass is 32.2. The van der Waals surface area contributed by atoms with Crippen molar-refractivity contribution in [1.82, 2.24) is 0 Å². The third-order valence-corrected chi connectivity index (χ3v) is 11.4. The molecule has 2 aromatic carbocycles. The van der Waals surface area contributed by atoms with E-state index in [1.165, 1.54) is 56.7 Å². The third-order valence-electron chi connectivity index (χ3n) is 6.76. The van der Waals surface area contributed by atoms with Gasteiger partial charge in [-0.05, 0) is 61.7 Å². The molecule has 0 aromatic heterocycles. The highest BCUT2D eigenvalue weighted by Crippen LogP contribution is 2.30. The van der Waals surface area contributed by atoms with Crippen LogP contribution in [0, 0.1) is 0 Å². The van der Waals surface area contributed by atoms with E-state index in [1.54, 1.807) is 6.07 Å². The van der Waals surface area contributed by atoms with Gasteiger partial charge >= 0.3 is 5.97 Å². The van der Waals surface area contributed by atoms with Gasteiger partial charge in [-0.1, -0.05) is 76.9 Å². The Hall–Kier alpha value is -2.50. The van der Waals surface area contributed by atoms with E-state index < -0.39 is 40.0 Å². The number of nitrogens with two attached hydrogens (primary N) is 2. The van der Waals surface area contributed by atoms with E-state index in [0.717, 1.165) is 44.7 Å². The average Bonchev–Trinajstić information content (AvgIpc) is 2.88. The largest absolute Gasteiger partial charge is 0.480 e. The van der Waals surface area contributed by atoms with Gasteiger partial charge in [0.2, 0.25) is 9.84 Å². The monoisotopic (exact) mass is 596 g/mol. The van der Waals surface area contributed by atoms with E-state index in [-0.39, 0.29) is 16.1 Å². The molecule has 5 N–H and O–H groups in total. The predicted octanol–water partition coefficient (Wildman–Crippen LogP) is 5.71. The molecule has 1 atom stereocenters. The molecule has 0 bridgehead atoms. The number of sulfone groups is 2. The van der Waals surface area contributed by atoms with Crippen LogP contribution in [0.5, 0.6) is 0 Å². The summed E-state index contributed by atoms with van der Waals surface area (Å²) in [5, 5.41) is 7.48. The van der Waals surface area contributed by atoms with Gasteiger partial charge in [0.15, 0.2) is 15.1 Å². The normalized spacial score (nSPS) is 12.8. The molecule has 0 fully saturated rings. The second-order valence-corrected chi connectivity index (χ2v) is 14.6. The molecule has 8 nitrogen and oxygen atoms in total. The summed E-state index contributed by atoms with van der Waals surface area (Å²) in [6.45, 7) is 3.21. The molecule has 0 saturated carbocycles. The minimum Gasteiger partial charge on any atom is -0.480 e. The molecule has 216 valence electrons. The van der Waals surface area contributed by atoms with Crippen LogP contribution < -0.4 is 11.5 Å². The molecule has 2 aromatic rings. The lowest BCUT2D eigenvalue weighted by molar-refractivity contribution is -0.136. The third kappa shape index (κ3) is 8.74. The molecule has 0 aliphatic heterocycles. The zero-order chi connectivity index (χ0) is 29.2. The van der Waals surface area contributed by atoms with Gasteiger partial charge in [-0.2, -0.15) is 0 Å². The van der Waals surface area contributed by atoms with Crippen molar-refractivity contribution in [3.8, 4) is 0 Å². The van der Waals surface area contributed by atoms with Crippen LogP contribution in [0.3, 0.4) is 0 Å². The Kier molecular flexibility index (Phi) is 12.4. The van der Waals surface area contributed by atoms with Gasteiger partial charge in [0, 0.05) is 16.9 Å². The van der Waals surface area contributed by atoms with E-state index in [0.29, 0.717) is 17.7 Å². The zero-order valence-electron chi connectivity index (χ0n) is 22.7. The van der Waals surface area contributed by atoms with Crippen molar-refractivity contribution in [2.75, 3.05) is 11.5 Å². The van der Waals surface area contributed by atoms with Crippen LogP contribution in [0.15, 0.2) is 46.2 Å². The maximum Gasteiger partial charge on any atom is 0.321 e. The number of carboxylic acid groups (broad SMARTS) is 1. The molecule has 0 aliphatic rings. The van der Waals surface area contributed by atoms with Gasteiger partial charge in [-0.25, -0.2) is 16.8 Å². The summed E-state index contributed by atoms with van der Waals surface area (Å²) in [6.07, 6.45) is 11.9. The van der Waals surface area contributed by atoms with E-state index in [1.807, 2.05) is 0 Å². The Bertz CT molecular complexity index is 1370. The summed E-state index contributed by atoms with van der Waals surface area (Å²) < 4.78 is 52.8. The van der Waals surface area contributed by atoms with Crippen LogP contribution in [-0.2, 0) is 30.9 Å². The molecule has 0 amide bonds. The first kappa shape index (κ1) is 32.7. The number of unbranched alkanes of at least 4 members (excludes halogenated alkanes) is 9. The van der Waals surface area contributed by atoms with E-state index >= 15 is 0 Å². The Morgan fingerprint density at radius 2 is 1.31 bits per heavy atom. The number of carboxylic acids is 1. The molecule has 0 saturated heterocycles. The second kappa shape index (κ2) is 14.8. The van der Waals surface area contributed by atoms with Crippen molar-refractivity contribution in [3.63, 3.8) is 0 Å². The lowest BCUT2D eigenvalue weighted by Crippen LogP contribution is -2.29. The second-order valence-electron chi connectivity index (χ2n) is 9.87. The molecule has 2 rings (SSSR count). The molecule has 0 heterocycles. The highest BCUT2D eigenvalue weighted by molar-refractivity contribution is 8.18. The first-order valence-corrected chi connectivity index (χ1v) is 16.8. The van der Waals surface area contributed by atoms with Gasteiger partial charge < -0.3 is 16.6 Å². The lowest BCUT2D eigenvalue weighted by atomic mass is 10.0. The summed E-state index contributed by atoms with van der Waals surface area (Å²) in [7, 11) is -8.79. The zero-order valence-corrected chi connectivity index (χ0v) is 25.1. The minimum absolute atomic E-state index is 0.0466. The fourth-order valence-corrected chi connectivity index (χ4v) is 7.73. The van der Waals surface area contributed by atoms with E-state index in [9.17, 15) is 26.7 Å². The van der Waals surface area contributed by atoms with Gasteiger partial charge in [-0.3, -0.25) is 4.79 Å². The van der Waals surface area contributed by atoms with Crippen molar-refractivity contribution in [1.29, 1.82) is 0 Å². The van der Waals surface area contributed by atoms with E-state index in [4.69, 9.17) is 23.7 Å². The van der Waals surface area contributed by atoms with Gasteiger partial charge in [0.05, 0.1) is 9.79 Å². The maximum atomic E-state index is 13.7. The molecule has 0 aliphatic carbocycles. The van der Waals surface area contributed by atoms with Crippen molar-refractivity contribution in [2.45, 2.75) is 99.5 Å². The quantitative estimate of drug-likeness (QED) is 0.125. The maximum absolute atomic E-state index is 13.7. The Morgan fingerprint density at radius 3 is 1.85 bits per heavy atom. The van der Waals surface area contributed by atoms with Gasteiger partial charge in [0.25, 0.3) is 0 Å². The standard InChI is InChI=1S/C28H40N2O6S3/c1-3-4-5-6-7-8-9-10-11-12-13-21-18-22(29)14-16-25(21)39(35,36)28(37)24-19-23(30)15-17-26(24)38(33,34)20(2)27(31)32/h14-20H,3-13,29-30H2,1-2H3,(H,31,32). The molecular weight excluding hydrogens is 557 g/mol. The Labute approximate surface area is 238 Å². The summed E-state index contributed by atoms with van der Waals surface area (Å²) in [5.74, 6) is -1.57. The Balaban J connectivity index is 2.25. The number of anilines is 2. The van der Waals surface area contributed by atoms with Gasteiger partial charge in [-0.15, -0.1) is 0 Å². The number of carbonyl (C=O) groups is 1. The SMILES string of the molecule is CCCCCCCCCCCCc1cc(N)ccc1S(=O)(=O)C(=S)c1cc(N)ccc1S(=O)(=O)C(C)C(=O)O. The summed E-state index contributed by atoms with van der Waals surface area (Å²) in [4.78, 5) is 10.9. The molecule has 11 heteroatoms. The van der Waals surface area contributed by atoms with Crippen molar-refractivity contribution >= 4 is 53.4 Å². The Morgan fingerprint density at radius 1 is 0.821 bits per heavy atom. The summed E-state index contributed by atoms with van der Waals surface area (Å²) >= 11 is 5.33. The van der Waals surface area contributed by atoms with Crippen molar-refractivity contribution in [2.24, 2.45) is 0 Å². The number of aryl methyl sites for hydroxylation is 1. The van der Waals surface area contributed by atoms with Crippen LogP contribution in [0.1, 0.15) is 89.2 Å². The summed E-state index contributed by atoms with van der Waals surface area (Å²) in [5.41, 5.74) is 12.5. The molecule has 0 spiro atoms. The number of thiocarbonyl (C=S) groups is 1. The fraction of sp³-hybridized carbons (Fsp3) is 0.500.